The monoisotopic (exact) mass is 453 g/mol. The Bertz CT molecular complexity index is 1020. The molecule has 2 heterocycles. The Morgan fingerprint density at radius 3 is 2.78 bits per heavy atom. The van der Waals surface area contributed by atoms with E-state index in [-0.39, 0.29) is 0 Å². The van der Waals surface area contributed by atoms with E-state index in [1.807, 2.05) is 42.5 Å². The lowest BCUT2D eigenvalue weighted by Gasteiger charge is -2.14. The molecule has 6 nitrogen and oxygen atoms in total. The summed E-state index contributed by atoms with van der Waals surface area (Å²) < 4.78 is 11.3. The lowest BCUT2D eigenvalue weighted by Crippen LogP contribution is -2.21. The van der Waals surface area contributed by atoms with Crippen LogP contribution in [0.3, 0.4) is 0 Å². The Kier molecular flexibility index (Phi) is 7.80. The second kappa shape index (κ2) is 11.2. The molecule has 3 aromatic rings. The van der Waals surface area contributed by atoms with Gasteiger partial charge in [-0.1, -0.05) is 35.9 Å². The van der Waals surface area contributed by atoms with Crippen molar-refractivity contribution >= 4 is 18.1 Å². The highest BCUT2D eigenvalue weighted by atomic mass is 35.5. The third-order valence-electron chi connectivity index (χ3n) is 5.69. The number of aromatic amines is 1. The Balaban J connectivity index is 1.37. The molecular weight excluding hydrogens is 426 g/mol. The first-order chi connectivity index (χ1) is 15.7. The topological polar surface area (TPSA) is 67.5 Å². The molecular formula is C25H28ClN3O3. The van der Waals surface area contributed by atoms with Crippen molar-refractivity contribution in [3.8, 4) is 17.0 Å². The highest BCUT2D eigenvalue weighted by molar-refractivity contribution is 6.30. The molecule has 1 unspecified atom stereocenters. The standard InChI is InChI=1S/C25H28ClN3O3/c26-21-8-3-7-20(14-21)25(32-18-30)17-22-16-24(28-27-22)19-6-4-9-23(15-19)31-13-5-12-29-10-1-2-11-29/h3-4,6-9,14-16,18,25H,1-2,5,10-13,17H2,(H,27,28). The molecule has 0 amide bonds. The first kappa shape index (κ1) is 22.4. The summed E-state index contributed by atoms with van der Waals surface area (Å²) in [6.07, 6.45) is 3.69. The minimum atomic E-state index is -0.440. The summed E-state index contributed by atoms with van der Waals surface area (Å²) in [5.41, 5.74) is 3.49. The largest absolute Gasteiger partial charge is 0.494 e. The van der Waals surface area contributed by atoms with Crippen LogP contribution in [0, 0.1) is 0 Å². The number of carbonyl (C=O) groups excluding carboxylic acids is 1. The number of rotatable bonds is 11. The zero-order valence-corrected chi connectivity index (χ0v) is 18.8. The predicted molar refractivity (Wildman–Crippen MR) is 125 cm³/mol. The van der Waals surface area contributed by atoms with Crippen molar-refractivity contribution in [3.05, 3.63) is 70.9 Å². The van der Waals surface area contributed by atoms with Gasteiger partial charge < -0.3 is 14.4 Å². The van der Waals surface area contributed by atoms with Crippen molar-refractivity contribution in [1.29, 1.82) is 0 Å². The fraction of sp³-hybridized carbons (Fsp3) is 0.360. The van der Waals surface area contributed by atoms with Gasteiger partial charge in [-0.25, -0.2) is 0 Å². The number of carbonyl (C=O) groups is 1. The smallest absolute Gasteiger partial charge is 0.293 e. The van der Waals surface area contributed by atoms with Gasteiger partial charge in [0.1, 0.15) is 11.9 Å². The predicted octanol–water partition coefficient (Wildman–Crippen LogP) is 5.05. The van der Waals surface area contributed by atoms with Crippen LogP contribution in [-0.4, -0.2) is 47.8 Å². The average Bonchev–Trinajstić information content (AvgIpc) is 3.49. The molecule has 1 aromatic heterocycles. The summed E-state index contributed by atoms with van der Waals surface area (Å²) in [7, 11) is 0. The molecule has 1 atom stereocenters. The number of H-pyrrole nitrogens is 1. The highest BCUT2D eigenvalue weighted by Crippen LogP contribution is 2.27. The molecule has 0 bridgehead atoms. The lowest BCUT2D eigenvalue weighted by atomic mass is 10.0. The minimum absolute atomic E-state index is 0.440. The van der Waals surface area contributed by atoms with E-state index in [0.717, 1.165) is 41.2 Å². The van der Waals surface area contributed by atoms with Crippen LogP contribution in [0.15, 0.2) is 54.6 Å². The van der Waals surface area contributed by atoms with E-state index in [4.69, 9.17) is 21.1 Å². The molecule has 1 saturated heterocycles. The van der Waals surface area contributed by atoms with Gasteiger partial charge in [-0.15, -0.1) is 0 Å². The molecule has 1 aliphatic rings. The van der Waals surface area contributed by atoms with E-state index < -0.39 is 6.10 Å². The summed E-state index contributed by atoms with van der Waals surface area (Å²) >= 11 is 6.09. The van der Waals surface area contributed by atoms with Crippen LogP contribution in [0.4, 0.5) is 0 Å². The van der Waals surface area contributed by atoms with Gasteiger partial charge in [-0.05, 0) is 68.2 Å². The zero-order valence-electron chi connectivity index (χ0n) is 18.0. The maximum absolute atomic E-state index is 11.0. The van der Waals surface area contributed by atoms with E-state index in [9.17, 15) is 4.79 Å². The summed E-state index contributed by atoms with van der Waals surface area (Å²) in [6.45, 7) is 4.70. The summed E-state index contributed by atoms with van der Waals surface area (Å²) in [6, 6.07) is 17.3. The molecule has 1 aliphatic heterocycles. The molecule has 2 aromatic carbocycles. The van der Waals surface area contributed by atoms with Crippen LogP contribution in [0.1, 0.15) is 36.6 Å². The van der Waals surface area contributed by atoms with Crippen molar-refractivity contribution in [2.24, 2.45) is 0 Å². The van der Waals surface area contributed by atoms with Crippen molar-refractivity contribution in [2.75, 3.05) is 26.2 Å². The van der Waals surface area contributed by atoms with Gasteiger partial charge in [0.05, 0.1) is 12.3 Å². The first-order valence-electron chi connectivity index (χ1n) is 11.1. The van der Waals surface area contributed by atoms with Crippen LogP contribution in [-0.2, 0) is 16.0 Å². The van der Waals surface area contributed by atoms with Gasteiger partial charge in [0.2, 0.25) is 0 Å². The van der Waals surface area contributed by atoms with Crippen molar-refractivity contribution in [3.63, 3.8) is 0 Å². The highest BCUT2D eigenvalue weighted by Gasteiger charge is 2.16. The quantitative estimate of drug-likeness (QED) is 0.325. The van der Waals surface area contributed by atoms with Crippen LogP contribution in [0.2, 0.25) is 5.02 Å². The van der Waals surface area contributed by atoms with E-state index >= 15 is 0 Å². The second-order valence-electron chi connectivity index (χ2n) is 8.04. The number of nitrogens with one attached hydrogen (secondary N) is 1. The number of aromatic nitrogens is 2. The van der Waals surface area contributed by atoms with Gasteiger partial charge in [-0.3, -0.25) is 9.89 Å². The van der Waals surface area contributed by atoms with E-state index in [0.29, 0.717) is 24.5 Å². The normalized spacial score (nSPS) is 14.9. The van der Waals surface area contributed by atoms with E-state index in [1.165, 1.54) is 25.9 Å². The number of halogens is 1. The molecule has 4 rings (SSSR count). The number of likely N-dealkylation sites (tertiary alicyclic amines) is 1. The molecule has 7 heteroatoms. The molecule has 0 radical (unpaired) electrons. The van der Waals surface area contributed by atoms with Gasteiger partial charge in [0, 0.05) is 29.2 Å². The first-order valence-corrected chi connectivity index (χ1v) is 11.4. The number of nitrogens with zero attached hydrogens (tertiary/aromatic N) is 2. The molecule has 168 valence electrons. The third-order valence-corrected chi connectivity index (χ3v) is 5.93. The van der Waals surface area contributed by atoms with Gasteiger partial charge in [-0.2, -0.15) is 5.10 Å². The molecule has 0 spiro atoms. The Labute approximate surface area is 193 Å². The van der Waals surface area contributed by atoms with Crippen LogP contribution in [0.5, 0.6) is 5.75 Å². The Morgan fingerprint density at radius 1 is 1.12 bits per heavy atom. The van der Waals surface area contributed by atoms with Crippen molar-refractivity contribution < 1.29 is 14.3 Å². The van der Waals surface area contributed by atoms with E-state index in [1.54, 1.807) is 12.1 Å². The van der Waals surface area contributed by atoms with Gasteiger partial charge in [0.15, 0.2) is 0 Å². The Morgan fingerprint density at radius 2 is 1.97 bits per heavy atom. The minimum Gasteiger partial charge on any atom is -0.494 e. The van der Waals surface area contributed by atoms with Gasteiger partial charge in [0.25, 0.3) is 6.47 Å². The molecule has 1 N–H and O–H groups in total. The number of benzene rings is 2. The summed E-state index contributed by atoms with van der Waals surface area (Å²) in [4.78, 5) is 13.5. The number of hydrogen-bond acceptors (Lipinski definition) is 5. The maximum Gasteiger partial charge on any atom is 0.293 e. The van der Waals surface area contributed by atoms with Crippen molar-refractivity contribution in [2.45, 2.75) is 31.8 Å². The average molecular weight is 454 g/mol. The molecule has 0 aliphatic carbocycles. The van der Waals surface area contributed by atoms with Crippen molar-refractivity contribution in [1.82, 2.24) is 15.1 Å². The SMILES string of the molecule is O=COC(Cc1cc(-c2cccc(OCCCN3CCCC3)c2)n[nH]1)c1cccc(Cl)c1. The fourth-order valence-corrected chi connectivity index (χ4v) is 4.26. The van der Waals surface area contributed by atoms with Crippen LogP contribution >= 0.6 is 11.6 Å². The lowest BCUT2D eigenvalue weighted by molar-refractivity contribution is -0.133. The molecule has 32 heavy (non-hydrogen) atoms. The fourth-order valence-electron chi connectivity index (χ4n) is 4.06. The third kappa shape index (κ3) is 6.11. The number of ether oxygens (including phenoxy) is 2. The van der Waals surface area contributed by atoms with Crippen LogP contribution < -0.4 is 4.74 Å². The van der Waals surface area contributed by atoms with Gasteiger partial charge >= 0.3 is 0 Å². The Hall–Kier alpha value is -2.83. The van der Waals surface area contributed by atoms with Crippen LogP contribution in [0.25, 0.3) is 11.3 Å². The zero-order chi connectivity index (χ0) is 22.2. The number of hydrogen-bond donors (Lipinski definition) is 1. The summed E-state index contributed by atoms with van der Waals surface area (Å²) in [5.74, 6) is 0.842. The van der Waals surface area contributed by atoms with E-state index in [2.05, 4.69) is 15.1 Å². The second-order valence-corrected chi connectivity index (χ2v) is 8.47. The molecule has 0 saturated carbocycles. The maximum atomic E-state index is 11.0. The molecule has 1 fully saturated rings. The summed E-state index contributed by atoms with van der Waals surface area (Å²) in [5, 5.41) is 8.10.